The maximum absolute atomic E-state index is 5.41. The maximum atomic E-state index is 5.41. The molecule has 0 atom stereocenters. The van der Waals surface area contributed by atoms with Crippen molar-refractivity contribution in [2.24, 2.45) is 9.98 Å². The summed E-state index contributed by atoms with van der Waals surface area (Å²) in [5.41, 5.74) is 20.8. The van der Waals surface area contributed by atoms with Crippen LogP contribution in [0.1, 0.15) is 107 Å². The Hall–Kier alpha value is -4.61. The van der Waals surface area contributed by atoms with Crippen LogP contribution in [0.5, 0.6) is 0 Å². The summed E-state index contributed by atoms with van der Waals surface area (Å²) < 4.78 is 0. The van der Waals surface area contributed by atoms with Crippen molar-refractivity contribution in [2.75, 3.05) is 13.1 Å². The minimum absolute atomic E-state index is 0. The molecule has 0 saturated carbocycles. The van der Waals surface area contributed by atoms with Crippen LogP contribution in [0.4, 0.5) is 0 Å². The minimum atomic E-state index is 0. The SMILES string of the molecule is CCCCNC1=CC2=NC1=C(c1c(C)cc(C)cc1C)c1ccc([n-]1)C1=NC(=C(c3c(C)cc(C)cc3C)c3ccc2[n-]3)C(NCCCC)=C1.[Ni+2]. The monoisotopic (exact) mass is 718 g/mol. The van der Waals surface area contributed by atoms with Gasteiger partial charge in [0.1, 0.15) is 0 Å². The molecule has 51 heavy (non-hydrogen) atoms. The second-order valence-electron chi connectivity index (χ2n) is 14.1. The molecule has 2 aromatic carbocycles. The number of fused-ring (bicyclic) bond motifs is 8. The van der Waals surface area contributed by atoms with E-state index in [4.69, 9.17) is 20.0 Å². The summed E-state index contributed by atoms with van der Waals surface area (Å²) in [6.45, 7) is 19.3. The Bertz CT molecular complexity index is 1990. The van der Waals surface area contributed by atoms with Gasteiger partial charge in [-0.2, -0.15) is 0 Å². The van der Waals surface area contributed by atoms with Crippen LogP contribution in [-0.4, -0.2) is 24.5 Å². The standard InChI is InChI=1S/C44H48N6.Ni/c1-9-11-17-45-37-23-35-31-13-16-34(47-31)42(40-29(7)21-26(4)22-30(40)8)44-38(46-18-12-10-2)24-36(50-44)32-14-15-33(48-32)41(43(37)49-35)39-27(5)19-25(3)20-28(39)6;/h13-16,19-24,45-46H,9-12,17-18H2,1-8H3;/q-2;+2. The molecule has 2 N–H and O–H groups in total. The van der Waals surface area contributed by atoms with Gasteiger partial charge in [0.05, 0.1) is 34.2 Å². The van der Waals surface area contributed by atoms with Crippen molar-refractivity contribution in [3.8, 4) is 0 Å². The molecule has 2 aromatic heterocycles. The van der Waals surface area contributed by atoms with E-state index in [0.29, 0.717) is 0 Å². The molecule has 264 valence electrons. The van der Waals surface area contributed by atoms with E-state index in [1.165, 1.54) is 44.5 Å². The van der Waals surface area contributed by atoms with Gasteiger partial charge in [-0.15, -0.1) is 22.8 Å². The van der Waals surface area contributed by atoms with Crippen LogP contribution in [0.2, 0.25) is 0 Å². The Morgan fingerprint density at radius 3 is 1.24 bits per heavy atom. The van der Waals surface area contributed by atoms with Crippen molar-refractivity contribution in [3.05, 3.63) is 151 Å². The number of nitrogens with zero attached hydrogens (tertiary/aromatic N) is 4. The zero-order valence-corrected chi connectivity index (χ0v) is 32.1. The molecule has 3 aliphatic heterocycles. The Labute approximate surface area is 313 Å². The third kappa shape index (κ3) is 6.89. The summed E-state index contributed by atoms with van der Waals surface area (Å²) in [6, 6.07) is 17.6. The fourth-order valence-electron chi connectivity index (χ4n) is 7.72. The van der Waals surface area contributed by atoms with Gasteiger partial charge in [-0.1, -0.05) is 86.3 Å². The second-order valence-corrected chi connectivity index (χ2v) is 14.1. The molecule has 0 fully saturated rings. The van der Waals surface area contributed by atoms with Gasteiger partial charge in [0.15, 0.2) is 0 Å². The average molecular weight is 720 g/mol. The molecule has 7 heteroatoms. The number of allylic oxidation sites excluding steroid dienone is 2. The number of aliphatic imine (C=N–C) groups is 2. The van der Waals surface area contributed by atoms with Gasteiger partial charge in [0.25, 0.3) is 0 Å². The third-order valence-corrected chi connectivity index (χ3v) is 9.87. The van der Waals surface area contributed by atoms with Crippen molar-refractivity contribution >= 4 is 22.6 Å². The zero-order chi connectivity index (χ0) is 35.1. The molecule has 5 heterocycles. The van der Waals surface area contributed by atoms with Crippen molar-refractivity contribution in [3.63, 3.8) is 0 Å². The van der Waals surface area contributed by atoms with E-state index in [-0.39, 0.29) is 16.5 Å². The topological polar surface area (TPSA) is 77.0 Å². The van der Waals surface area contributed by atoms with Gasteiger partial charge >= 0.3 is 16.5 Å². The van der Waals surface area contributed by atoms with Gasteiger partial charge < -0.3 is 20.6 Å². The molecular weight excluding hydrogens is 671 g/mol. The van der Waals surface area contributed by atoms with E-state index < -0.39 is 0 Å². The van der Waals surface area contributed by atoms with Crippen LogP contribution in [-0.2, 0) is 16.5 Å². The summed E-state index contributed by atoms with van der Waals surface area (Å²) in [7, 11) is 0. The first-order valence-electron chi connectivity index (χ1n) is 18.2. The molecule has 0 aliphatic carbocycles. The van der Waals surface area contributed by atoms with E-state index >= 15 is 0 Å². The normalized spacial score (nSPS) is 14.9. The second kappa shape index (κ2) is 14.9. The van der Waals surface area contributed by atoms with Crippen LogP contribution in [0, 0.1) is 41.5 Å². The Morgan fingerprint density at radius 2 is 0.882 bits per heavy atom. The minimum Gasteiger partial charge on any atom is -0.656 e. The van der Waals surface area contributed by atoms with Crippen LogP contribution in [0.15, 0.2) is 93.5 Å². The zero-order valence-electron chi connectivity index (χ0n) is 31.1. The molecule has 3 aliphatic rings. The summed E-state index contributed by atoms with van der Waals surface area (Å²) in [4.78, 5) is 21.5. The molecule has 0 radical (unpaired) electrons. The number of hydrogen-bond acceptors (Lipinski definition) is 4. The molecule has 0 unspecified atom stereocenters. The molecule has 7 rings (SSSR count). The van der Waals surface area contributed by atoms with Crippen molar-refractivity contribution < 1.29 is 16.5 Å². The van der Waals surface area contributed by atoms with E-state index in [9.17, 15) is 0 Å². The van der Waals surface area contributed by atoms with Gasteiger partial charge in [0, 0.05) is 13.1 Å². The fourth-order valence-corrected chi connectivity index (χ4v) is 7.72. The van der Waals surface area contributed by atoms with Gasteiger partial charge in [-0.05, 0) is 111 Å². The first-order chi connectivity index (χ1) is 24.2. The predicted octanol–water partition coefficient (Wildman–Crippen LogP) is 8.83. The van der Waals surface area contributed by atoms with Gasteiger partial charge in [0.2, 0.25) is 0 Å². The van der Waals surface area contributed by atoms with Gasteiger partial charge in [-0.25, -0.2) is 9.98 Å². The fraction of sp³-hybridized carbons (Fsp3) is 0.318. The van der Waals surface area contributed by atoms with E-state index in [1.807, 2.05) is 0 Å². The first-order valence-corrected chi connectivity index (χ1v) is 18.2. The molecule has 8 bridgehead atoms. The molecule has 0 spiro atoms. The van der Waals surface area contributed by atoms with Crippen LogP contribution >= 0.6 is 0 Å². The number of unbranched alkanes of at least 4 members (excludes halogenated alkanes) is 2. The summed E-state index contributed by atoms with van der Waals surface area (Å²) in [5, 5.41) is 7.50. The molecule has 4 aromatic rings. The Balaban J connectivity index is 0.00000448. The summed E-state index contributed by atoms with van der Waals surface area (Å²) in [6.07, 6.45) is 8.72. The van der Waals surface area contributed by atoms with Gasteiger partial charge in [-0.3, -0.25) is 0 Å². The Kier molecular flexibility index (Phi) is 10.6. The van der Waals surface area contributed by atoms with Crippen molar-refractivity contribution in [1.82, 2.24) is 20.6 Å². The summed E-state index contributed by atoms with van der Waals surface area (Å²) in [5.74, 6) is 0. The largest absolute Gasteiger partial charge is 2.00 e. The van der Waals surface area contributed by atoms with E-state index in [0.717, 1.165) is 107 Å². The average Bonchev–Trinajstić information content (AvgIpc) is 3.87. The number of rotatable bonds is 10. The number of aromatic nitrogens is 2. The van der Waals surface area contributed by atoms with Crippen LogP contribution in [0.25, 0.3) is 11.1 Å². The number of aryl methyl sites for hydroxylation is 6. The predicted molar refractivity (Wildman–Crippen MR) is 208 cm³/mol. The van der Waals surface area contributed by atoms with Crippen molar-refractivity contribution in [2.45, 2.75) is 81.1 Å². The molecular formula is C44H48N6Ni. The van der Waals surface area contributed by atoms with Crippen molar-refractivity contribution in [1.29, 1.82) is 0 Å². The van der Waals surface area contributed by atoms with E-state index in [2.05, 4.69) is 127 Å². The number of benzene rings is 2. The number of hydrogen-bond donors (Lipinski definition) is 2. The number of nitrogens with one attached hydrogen (secondary N) is 2. The molecule has 0 amide bonds. The molecule has 0 saturated heterocycles. The van der Waals surface area contributed by atoms with Crippen LogP contribution in [0.3, 0.4) is 0 Å². The summed E-state index contributed by atoms with van der Waals surface area (Å²) >= 11 is 0. The smallest absolute Gasteiger partial charge is 0.656 e. The maximum Gasteiger partial charge on any atom is 2.00 e. The molecule has 6 nitrogen and oxygen atoms in total. The van der Waals surface area contributed by atoms with Crippen LogP contribution < -0.4 is 20.6 Å². The third-order valence-electron chi connectivity index (χ3n) is 9.87. The van der Waals surface area contributed by atoms with E-state index in [1.54, 1.807) is 0 Å². The Morgan fingerprint density at radius 1 is 0.529 bits per heavy atom. The quantitative estimate of drug-likeness (QED) is 0.127. The first kappa shape index (κ1) is 36.2.